The van der Waals surface area contributed by atoms with E-state index in [0.717, 1.165) is 54.8 Å². The number of likely N-dealkylation sites (tertiary alicyclic amines) is 1. The Balaban J connectivity index is 1.53. The normalized spacial score (nSPS) is 21.3. The van der Waals surface area contributed by atoms with Crippen LogP contribution in [-0.2, 0) is 10.0 Å². The van der Waals surface area contributed by atoms with Gasteiger partial charge in [-0.3, -0.25) is 4.57 Å². The van der Waals surface area contributed by atoms with Crippen LogP contribution < -0.4 is 4.72 Å². The van der Waals surface area contributed by atoms with Crippen molar-refractivity contribution in [1.29, 1.82) is 5.26 Å². The van der Waals surface area contributed by atoms with Crippen LogP contribution in [0.4, 0.5) is 8.78 Å². The highest BCUT2D eigenvalue weighted by Gasteiger charge is 2.47. The summed E-state index contributed by atoms with van der Waals surface area (Å²) in [5.41, 5.74) is 0.660. The Kier molecular flexibility index (Phi) is 6.81. The number of nitriles is 1. The standard InChI is InChI=1S/C26H28F2N8O2S2/c1-3-9-35-10-6-16(11-15(35)2)21-20-18-5-4-17(40(37,38)34-26(13-29)7-8-26)12-19(18)36(23(20)31-14-30-21)25-33-32-24(39-25)22(27)28/h4-5,12,14-16,22,34H,3,6-11H2,1-2H3. The molecule has 6 rings (SSSR count). The number of halogens is 2. The molecular formula is C26H28F2N8O2S2. The summed E-state index contributed by atoms with van der Waals surface area (Å²) in [5, 5.41) is 18.3. The molecule has 0 radical (unpaired) electrons. The Morgan fingerprint density at radius 3 is 2.73 bits per heavy atom. The van der Waals surface area contributed by atoms with Crippen LogP contribution in [0.5, 0.6) is 0 Å². The smallest absolute Gasteiger partial charge is 0.291 e. The van der Waals surface area contributed by atoms with Gasteiger partial charge in [-0.25, -0.2) is 27.2 Å². The van der Waals surface area contributed by atoms with Crippen molar-refractivity contribution >= 4 is 43.3 Å². The van der Waals surface area contributed by atoms with Gasteiger partial charge in [-0.2, -0.15) is 9.98 Å². The van der Waals surface area contributed by atoms with E-state index >= 15 is 0 Å². The van der Waals surface area contributed by atoms with Crippen molar-refractivity contribution in [2.45, 2.75) is 74.8 Å². The van der Waals surface area contributed by atoms with Gasteiger partial charge in [-0.05, 0) is 64.3 Å². The first-order chi connectivity index (χ1) is 19.2. The molecule has 10 nitrogen and oxygen atoms in total. The number of aromatic nitrogens is 5. The number of hydrogen-bond acceptors (Lipinski definition) is 9. The minimum absolute atomic E-state index is 0.0415. The Morgan fingerprint density at radius 1 is 1.27 bits per heavy atom. The van der Waals surface area contributed by atoms with Crippen molar-refractivity contribution in [3.63, 3.8) is 0 Å². The van der Waals surface area contributed by atoms with Crippen LogP contribution in [-0.4, -0.2) is 62.7 Å². The third kappa shape index (κ3) is 4.64. The number of piperidine rings is 1. The molecule has 14 heteroatoms. The molecule has 0 amide bonds. The molecule has 2 unspecified atom stereocenters. The zero-order valence-electron chi connectivity index (χ0n) is 22.0. The average molecular weight is 587 g/mol. The van der Waals surface area contributed by atoms with Crippen LogP contribution in [0.2, 0.25) is 0 Å². The van der Waals surface area contributed by atoms with Gasteiger partial charge in [-0.15, -0.1) is 10.2 Å². The fraction of sp³-hybridized carbons (Fsp3) is 0.500. The maximum Gasteiger partial charge on any atom is 0.291 e. The fourth-order valence-corrected chi connectivity index (χ4v) is 7.79. The van der Waals surface area contributed by atoms with E-state index in [-0.39, 0.29) is 15.9 Å². The summed E-state index contributed by atoms with van der Waals surface area (Å²) in [7, 11) is -4.03. The van der Waals surface area contributed by atoms with E-state index in [4.69, 9.17) is 4.98 Å². The van der Waals surface area contributed by atoms with Crippen LogP contribution in [0.3, 0.4) is 0 Å². The molecule has 210 valence electrons. The van der Waals surface area contributed by atoms with Gasteiger partial charge in [-0.1, -0.05) is 24.3 Å². The van der Waals surface area contributed by atoms with Crippen molar-refractivity contribution in [1.82, 2.24) is 34.4 Å². The quantitative estimate of drug-likeness (QED) is 0.315. The summed E-state index contributed by atoms with van der Waals surface area (Å²) in [6.45, 7) is 6.36. The van der Waals surface area contributed by atoms with Crippen molar-refractivity contribution in [2.75, 3.05) is 13.1 Å². The Bertz CT molecular complexity index is 1740. The zero-order chi connectivity index (χ0) is 28.2. The molecule has 4 heterocycles. The third-order valence-corrected chi connectivity index (χ3v) is 10.3. The number of nitrogens with one attached hydrogen (secondary N) is 1. The molecule has 0 spiro atoms. The second-order valence-corrected chi connectivity index (χ2v) is 13.3. The lowest BCUT2D eigenvalue weighted by molar-refractivity contribution is 0.146. The van der Waals surface area contributed by atoms with Crippen LogP contribution >= 0.6 is 11.3 Å². The second kappa shape index (κ2) is 10.1. The highest BCUT2D eigenvalue weighted by atomic mass is 32.2. The predicted molar refractivity (Wildman–Crippen MR) is 146 cm³/mol. The molecule has 1 saturated heterocycles. The molecule has 1 saturated carbocycles. The molecule has 4 aromatic rings. The van der Waals surface area contributed by atoms with E-state index in [2.05, 4.69) is 38.7 Å². The van der Waals surface area contributed by atoms with E-state index in [1.807, 2.05) is 6.07 Å². The summed E-state index contributed by atoms with van der Waals surface area (Å²) in [6, 6.07) is 7.08. The second-order valence-electron chi connectivity index (χ2n) is 10.6. The molecule has 0 bridgehead atoms. The lowest BCUT2D eigenvalue weighted by atomic mass is 9.87. The van der Waals surface area contributed by atoms with E-state index in [9.17, 15) is 22.5 Å². The van der Waals surface area contributed by atoms with Gasteiger partial charge in [0, 0.05) is 22.7 Å². The molecule has 1 aromatic carbocycles. The van der Waals surface area contributed by atoms with E-state index < -0.39 is 27.0 Å². The Labute approximate surface area is 234 Å². The lowest BCUT2D eigenvalue weighted by Crippen LogP contribution is -2.40. The number of hydrogen-bond donors (Lipinski definition) is 1. The average Bonchev–Trinajstić information content (AvgIpc) is 3.37. The number of sulfonamides is 1. The monoisotopic (exact) mass is 586 g/mol. The molecule has 3 aromatic heterocycles. The summed E-state index contributed by atoms with van der Waals surface area (Å²) in [4.78, 5) is 11.7. The first-order valence-corrected chi connectivity index (χ1v) is 15.6. The summed E-state index contributed by atoms with van der Waals surface area (Å²) in [6.07, 6.45) is 2.46. The van der Waals surface area contributed by atoms with Crippen LogP contribution in [0.25, 0.3) is 27.1 Å². The lowest BCUT2D eigenvalue weighted by Gasteiger charge is -2.37. The van der Waals surface area contributed by atoms with Gasteiger partial charge in [0.25, 0.3) is 6.43 Å². The Hall–Kier alpha value is -3.12. The third-order valence-electron chi connectivity index (χ3n) is 7.87. The van der Waals surface area contributed by atoms with Gasteiger partial charge in [0.05, 0.1) is 22.2 Å². The van der Waals surface area contributed by atoms with E-state index in [1.165, 1.54) is 18.5 Å². The fourth-order valence-electron chi connectivity index (χ4n) is 5.68. The molecule has 2 aliphatic rings. The molecular weight excluding hydrogens is 558 g/mol. The number of benzene rings is 1. The van der Waals surface area contributed by atoms with Crippen LogP contribution in [0.15, 0.2) is 29.4 Å². The Morgan fingerprint density at radius 2 is 2.08 bits per heavy atom. The molecule has 1 N–H and O–H groups in total. The molecule has 1 aliphatic heterocycles. The summed E-state index contributed by atoms with van der Waals surface area (Å²) >= 11 is 0.728. The number of alkyl halides is 2. The number of fused-ring (bicyclic) bond motifs is 3. The van der Waals surface area contributed by atoms with Crippen molar-refractivity contribution in [3.05, 3.63) is 35.2 Å². The van der Waals surface area contributed by atoms with Crippen molar-refractivity contribution < 1.29 is 17.2 Å². The maximum atomic E-state index is 13.5. The summed E-state index contributed by atoms with van der Waals surface area (Å²) in [5.74, 6) is 0.147. The van der Waals surface area contributed by atoms with Gasteiger partial charge < -0.3 is 4.90 Å². The maximum absolute atomic E-state index is 13.5. The first-order valence-electron chi connectivity index (χ1n) is 13.3. The van der Waals surface area contributed by atoms with E-state index in [0.29, 0.717) is 35.4 Å². The van der Waals surface area contributed by atoms with Crippen LogP contribution in [0, 0.1) is 11.3 Å². The largest absolute Gasteiger partial charge is 0.301 e. The SMILES string of the molecule is CCCN1CCC(c2ncnc3c2c2ccc(S(=O)(=O)NC4(C#N)CC4)cc2n3-c2nnc(C(F)F)s2)CC1C. The van der Waals surface area contributed by atoms with Gasteiger partial charge >= 0.3 is 0 Å². The highest BCUT2D eigenvalue weighted by Crippen LogP contribution is 2.41. The minimum atomic E-state index is -4.03. The molecule has 2 fully saturated rings. The molecule has 2 atom stereocenters. The minimum Gasteiger partial charge on any atom is -0.301 e. The summed E-state index contributed by atoms with van der Waals surface area (Å²) < 4.78 is 57.5. The molecule has 40 heavy (non-hydrogen) atoms. The first kappa shape index (κ1) is 27.1. The highest BCUT2D eigenvalue weighted by molar-refractivity contribution is 7.89. The number of nitrogens with zero attached hydrogens (tertiary/aromatic N) is 7. The van der Waals surface area contributed by atoms with Gasteiger partial charge in [0.1, 0.15) is 11.9 Å². The zero-order valence-corrected chi connectivity index (χ0v) is 23.6. The predicted octanol–water partition coefficient (Wildman–Crippen LogP) is 4.68. The molecule has 1 aliphatic carbocycles. The van der Waals surface area contributed by atoms with Crippen LogP contribution in [0.1, 0.15) is 69.0 Å². The van der Waals surface area contributed by atoms with Gasteiger partial charge in [0.2, 0.25) is 15.2 Å². The van der Waals surface area contributed by atoms with Gasteiger partial charge in [0.15, 0.2) is 10.7 Å². The van der Waals surface area contributed by atoms with Crippen molar-refractivity contribution in [3.8, 4) is 11.2 Å². The number of rotatable bonds is 8. The van der Waals surface area contributed by atoms with E-state index in [1.54, 1.807) is 10.6 Å². The topological polar surface area (TPSA) is 130 Å². The van der Waals surface area contributed by atoms with Crippen molar-refractivity contribution in [2.24, 2.45) is 0 Å².